The van der Waals surface area contributed by atoms with Gasteiger partial charge in [-0.05, 0) is 35.0 Å². The van der Waals surface area contributed by atoms with Gasteiger partial charge in [-0.15, -0.1) is 0 Å². The third-order valence-corrected chi connectivity index (χ3v) is 6.03. The van der Waals surface area contributed by atoms with Gasteiger partial charge in [-0.25, -0.2) is 8.42 Å². The zero-order valence-corrected chi connectivity index (χ0v) is 15.1. The highest BCUT2D eigenvalue weighted by molar-refractivity contribution is 7.92. The largest absolute Gasteiger partial charge is 0.312 e. The molecule has 1 heterocycles. The highest BCUT2D eigenvalue weighted by Gasteiger charge is 2.15. The maximum absolute atomic E-state index is 12.7. The summed E-state index contributed by atoms with van der Waals surface area (Å²) in [5.74, 6) is 0. The van der Waals surface area contributed by atoms with Crippen molar-refractivity contribution in [1.29, 1.82) is 0 Å². The fourth-order valence-corrected chi connectivity index (χ4v) is 4.39. The smallest absolute Gasteiger partial charge is 0.304 e. The van der Waals surface area contributed by atoms with E-state index in [-0.39, 0.29) is 9.77 Å². The number of fused-ring (bicyclic) bond motifs is 1. The van der Waals surface area contributed by atoms with Gasteiger partial charge in [-0.1, -0.05) is 53.8 Å². The Morgan fingerprint density at radius 3 is 2.46 bits per heavy atom. The van der Waals surface area contributed by atoms with Crippen molar-refractivity contribution in [3.8, 4) is 11.3 Å². The molecule has 0 fully saturated rings. The molecule has 4 rings (SSSR count). The lowest BCUT2D eigenvalue weighted by Crippen LogP contribution is -2.12. The molecule has 26 heavy (non-hydrogen) atoms. The van der Waals surface area contributed by atoms with E-state index >= 15 is 0 Å². The van der Waals surface area contributed by atoms with Gasteiger partial charge in [-0.3, -0.25) is 9.52 Å². The normalized spacial score (nSPS) is 11.5. The van der Waals surface area contributed by atoms with Crippen LogP contribution in [-0.2, 0) is 10.0 Å². The van der Waals surface area contributed by atoms with Crippen LogP contribution < -0.4 is 9.60 Å². The molecular formula is C19H14N2O3S2. The summed E-state index contributed by atoms with van der Waals surface area (Å²) in [5.41, 5.74) is 1.83. The van der Waals surface area contributed by atoms with Gasteiger partial charge in [0.1, 0.15) is 0 Å². The summed E-state index contributed by atoms with van der Waals surface area (Å²) >= 11 is 1.07. The van der Waals surface area contributed by atoms with Crippen LogP contribution in [0.15, 0.2) is 81.8 Å². The van der Waals surface area contributed by atoms with E-state index in [4.69, 9.17) is 0 Å². The van der Waals surface area contributed by atoms with Crippen LogP contribution in [0.2, 0.25) is 0 Å². The second-order valence-corrected chi connectivity index (χ2v) is 8.28. The van der Waals surface area contributed by atoms with Crippen LogP contribution in [-0.4, -0.2) is 13.4 Å². The van der Waals surface area contributed by atoms with Gasteiger partial charge in [0.25, 0.3) is 10.0 Å². The highest BCUT2D eigenvalue weighted by Crippen LogP contribution is 2.24. The van der Waals surface area contributed by atoms with Gasteiger partial charge in [0.05, 0.1) is 10.6 Å². The molecule has 5 nitrogen and oxygen atoms in total. The van der Waals surface area contributed by atoms with Gasteiger partial charge >= 0.3 is 4.87 Å². The van der Waals surface area contributed by atoms with E-state index in [1.165, 1.54) is 0 Å². The second kappa shape index (κ2) is 6.44. The molecule has 0 spiro atoms. The first-order valence-electron chi connectivity index (χ1n) is 7.81. The first-order chi connectivity index (χ1) is 12.5. The predicted octanol–water partition coefficient (Wildman–Crippen LogP) is 4.06. The Labute approximate surface area is 154 Å². The fraction of sp³-hybridized carbons (Fsp3) is 0. The third kappa shape index (κ3) is 3.26. The number of thiazole rings is 1. The highest BCUT2D eigenvalue weighted by atomic mass is 32.2. The quantitative estimate of drug-likeness (QED) is 0.559. The molecule has 3 aromatic carbocycles. The molecule has 0 atom stereocenters. The third-order valence-electron chi connectivity index (χ3n) is 3.98. The standard InChI is InChI=1S/C19H14N2O3S2/c22-19-20-18(12-25-19)15-6-3-7-16(10-15)21-26(23,24)17-9-8-13-4-1-2-5-14(13)11-17/h1-12,21H,(H,20,22). The molecule has 0 saturated carbocycles. The molecule has 130 valence electrons. The molecule has 0 aliphatic heterocycles. The van der Waals surface area contributed by atoms with Crippen molar-refractivity contribution in [2.45, 2.75) is 4.90 Å². The molecule has 0 aliphatic carbocycles. The van der Waals surface area contributed by atoms with E-state index in [0.29, 0.717) is 11.4 Å². The van der Waals surface area contributed by atoms with Gasteiger partial charge in [-0.2, -0.15) is 0 Å². The summed E-state index contributed by atoms with van der Waals surface area (Å²) < 4.78 is 28.1. The first kappa shape index (κ1) is 16.6. The van der Waals surface area contributed by atoms with Crippen LogP contribution in [0.3, 0.4) is 0 Å². The Balaban J connectivity index is 1.68. The van der Waals surface area contributed by atoms with Gasteiger partial charge in [0.2, 0.25) is 0 Å². The van der Waals surface area contributed by atoms with Crippen molar-refractivity contribution in [3.05, 3.63) is 81.8 Å². The Bertz CT molecular complexity index is 1260. The van der Waals surface area contributed by atoms with E-state index in [1.54, 1.807) is 41.8 Å². The lowest BCUT2D eigenvalue weighted by molar-refractivity contribution is 0.601. The summed E-state index contributed by atoms with van der Waals surface area (Å²) in [6.45, 7) is 0. The Hall–Kier alpha value is -2.90. The topological polar surface area (TPSA) is 79.0 Å². The summed E-state index contributed by atoms with van der Waals surface area (Å²) in [6.07, 6.45) is 0. The van der Waals surface area contributed by atoms with Gasteiger partial charge in [0, 0.05) is 16.6 Å². The zero-order chi connectivity index (χ0) is 18.1. The van der Waals surface area contributed by atoms with Crippen LogP contribution in [0.5, 0.6) is 0 Å². The molecule has 7 heteroatoms. The summed E-state index contributed by atoms with van der Waals surface area (Å²) in [4.78, 5) is 14.1. The summed E-state index contributed by atoms with van der Waals surface area (Å²) in [5, 5.41) is 3.55. The molecule has 0 aliphatic rings. The van der Waals surface area contributed by atoms with E-state index in [9.17, 15) is 13.2 Å². The number of rotatable bonds is 4. The Morgan fingerprint density at radius 1 is 0.885 bits per heavy atom. The maximum atomic E-state index is 12.7. The van der Waals surface area contributed by atoms with Crippen LogP contribution in [0.1, 0.15) is 0 Å². The molecule has 4 aromatic rings. The van der Waals surface area contributed by atoms with E-state index in [0.717, 1.165) is 27.7 Å². The molecule has 2 N–H and O–H groups in total. The van der Waals surface area contributed by atoms with Gasteiger partial charge < -0.3 is 4.98 Å². The summed E-state index contributed by atoms with van der Waals surface area (Å²) in [6, 6.07) is 19.5. The van der Waals surface area contributed by atoms with Crippen molar-refractivity contribution in [3.63, 3.8) is 0 Å². The molecule has 0 saturated heterocycles. The molecule has 0 radical (unpaired) electrons. The van der Waals surface area contributed by atoms with E-state index in [1.807, 2.05) is 30.3 Å². The Morgan fingerprint density at radius 2 is 1.69 bits per heavy atom. The lowest BCUT2D eigenvalue weighted by Gasteiger charge is -2.10. The second-order valence-electron chi connectivity index (χ2n) is 5.76. The zero-order valence-electron chi connectivity index (χ0n) is 13.5. The number of H-pyrrole nitrogens is 1. The minimum Gasteiger partial charge on any atom is -0.312 e. The van der Waals surface area contributed by atoms with E-state index in [2.05, 4.69) is 9.71 Å². The predicted molar refractivity (Wildman–Crippen MR) is 105 cm³/mol. The number of aromatic amines is 1. The molecular weight excluding hydrogens is 368 g/mol. The molecule has 0 amide bonds. The summed E-state index contributed by atoms with van der Waals surface area (Å²) in [7, 11) is -3.72. The lowest BCUT2D eigenvalue weighted by atomic mass is 10.1. The first-order valence-corrected chi connectivity index (χ1v) is 10.2. The SMILES string of the molecule is O=c1[nH]c(-c2cccc(NS(=O)(=O)c3ccc4ccccc4c3)c2)cs1. The van der Waals surface area contributed by atoms with Crippen molar-refractivity contribution in [2.24, 2.45) is 0 Å². The van der Waals surface area contributed by atoms with Crippen LogP contribution in [0, 0.1) is 0 Å². The number of nitrogens with one attached hydrogen (secondary N) is 2. The molecule has 0 bridgehead atoms. The monoisotopic (exact) mass is 382 g/mol. The van der Waals surface area contributed by atoms with Crippen LogP contribution in [0.25, 0.3) is 22.0 Å². The number of hydrogen-bond acceptors (Lipinski definition) is 4. The minimum atomic E-state index is -3.72. The number of anilines is 1. The van der Waals surface area contributed by atoms with E-state index < -0.39 is 10.0 Å². The molecule has 1 aromatic heterocycles. The minimum absolute atomic E-state index is 0.151. The number of hydrogen-bond donors (Lipinski definition) is 2. The van der Waals surface area contributed by atoms with Gasteiger partial charge in [0.15, 0.2) is 0 Å². The number of sulfonamides is 1. The maximum Gasteiger partial charge on any atom is 0.304 e. The fourth-order valence-electron chi connectivity index (χ4n) is 2.72. The Kier molecular flexibility index (Phi) is 4.10. The van der Waals surface area contributed by atoms with Crippen molar-refractivity contribution < 1.29 is 8.42 Å². The number of benzene rings is 3. The number of aromatic nitrogens is 1. The van der Waals surface area contributed by atoms with Crippen molar-refractivity contribution in [1.82, 2.24) is 4.98 Å². The molecule has 0 unspecified atom stereocenters. The van der Waals surface area contributed by atoms with Crippen LogP contribution >= 0.6 is 11.3 Å². The average Bonchev–Trinajstić information content (AvgIpc) is 3.08. The van der Waals surface area contributed by atoms with Crippen molar-refractivity contribution >= 4 is 37.8 Å². The average molecular weight is 382 g/mol. The van der Waals surface area contributed by atoms with Crippen molar-refractivity contribution in [2.75, 3.05) is 4.72 Å². The van der Waals surface area contributed by atoms with Crippen LogP contribution in [0.4, 0.5) is 5.69 Å².